The summed E-state index contributed by atoms with van der Waals surface area (Å²) >= 11 is 0. The van der Waals surface area contributed by atoms with Crippen molar-refractivity contribution < 1.29 is 4.42 Å². The van der Waals surface area contributed by atoms with Gasteiger partial charge in [0.15, 0.2) is 17.5 Å². The Bertz CT molecular complexity index is 2480. The van der Waals surface area contributed by atoms with Crippen molar-refractivity contribution in [2.24, 2.45) is 0 Å². The van der Waals surface area contributed by atoms with Crippen molar-refractivity contribution in [1.29, 1.82) is 0 Å². The second-order valence-corrected chi connectivity index (χ2v) is 11.6. The molecular weight excluding hydrogens is 574 g/mol. The third kappa shape index (κ3) is 4.75. The van der Waals surface area contributed by atoms with E-state index in [-0.39, 0.29) is 0 Å². The third-order valence-electron chi connectivity index (χ3n) is 8.74. The van der Waals surface area contributed by atoms with Gasteiger partial charge in [0.1, 0.15) is 11.2 Å². The molecule has 0 aliphatic heterocycles. The maximum absolute atomic E-state index is 6.60. The number of hydrogen-bond acceptors (Lipinski definition) is 4. The highest BCUT2D eigenvalue weighted by Gasteiger charge is 2.18. The lowest BCUT2D eigenvalue weighted by Gasteiger charge is -2.10. The lowest BCUT2D eigenvalue weighted by molar-refractivity contribution is 0.673. The lowest BCUT2D eigenvalue weighted by atomic mass is 9.93. The van der Waals surface area contributed by atoms with Gasteiger partial charge in [-0.1, -0.05) is 152 Å². The molecule has 0 N–H and O–H groups in total. The Balaban J connectivity index is 1.19. The van der Waals surface area contributed by atoms with Crippen molar-refractivity contribution in [1.82, 2.24) is 15.0 Å². The van der Waals surface area contributed by atoms with Crippen LogP contribution in [0.4, 0.5) is 0 Å². The molecule has 0 unspecified atom stereocenters. The molecule has 4 nitrogen and oxygen atoms in total. The van der Waals surface area contributed by atoms with Crippen LogP contribution in [-0.4, -0.2) is 15.0 Å². The summed E-state index contributed by atoms with van der Waals surface area (Å²) in [5.74, 6) is 1.93. The van der Waals surface area contributed by atoms with Gasteiger partial charge in [-0.05, 0) is 39.8 Å². The molecule has 2 heterocycles. The number of fused-ring (bicyclic) bond motifs is 5. The first kappa shape index (κ1) is 27.0. The van der Waals surface area contributed by atoms with E-state index in [9.17, 15) is 0 Å². The molecule has 9 rings (SSSR count). The highest BCUT2D eigenvalue weighted by atomic mass is 16.3. The fraction of sp³-hybridized carbons (Fsp3) is 0. The maximum Gasteiger partial charge on any atom is 0.164 e. The van der Waals surface area contributed by atoms with E-state index in [2.05, 4.69) is 103 Å². The van der Waals surface area contributed by atoms with Crippen LogP contribution in [-0.2, 0) is 0 Å². The monoisotopic (exact) mass is 601 g/mol. The molecule has 2 aromatic heterocycles. The number of rotatable bonds is 5. The summed E-state index contributed by atoms with van der Waals surface area (Å²) in [4.78, 5) is 14.7. The molecule has 0 aliphatic carbocycles. The van der Waals surface area contributed by atoms with Crippen LogP contribution in [0, 0.1) is 0 Å². The Kier molecular flexibility index (Phi) is 6.43. The van der Waals surface area contributed by atoms with Crippen molar-refractivity contribution in [2.45, 2.75) is 0 Å². The van der Waals surface area contributed by atoms with Crippen molar-refractivity contribution in [3.8, 4) is 56.4 Å². The topological polar surface area (TPSA) is 51.8 Å². The summed E-state index contributed by atoms with van der Waals surface area (Å²) in [5.41, 5.74) is 9.19. The Morgan fingerprint density at radius 3 is 1.40 bits per heavy atom. The molecular formula is C43H27N3O. The predicted octanol–water partition coefficient (Wildman–Crippen LogP) is 11.3. The van der Waals surface area contributed by atoms with Gasteiger partial charge in [0.05, 0.1) is 0 Å². The quantitative estimate of drug-likeness (QED) is 0.197. The predicted molar refractivity (Wildman–Crippen MR) is 192 cm³/mol. The second-order valence-electron chi connectivity index (χ2n) is 11.6. The molecule has 0 atom stereocenters. The van der Waals surface area contributed by atoms with Crippen LogP contribution in [0.3, 0.4) is 0 Å². The van der Waals surface area contributed by atoms with E-state index in [1.165, 1.54) is 16.5 Å². The fourth-order valence-electron chi connectivity index (χ4n) is 6.48. The molecule has 0 saturated heterocycles. The molecule has 0 radical (unpaired) electrons. The number of hydrogen-bond donors (Lipinski definition) is 0. The van der Waals surface area contributed by atoms with Gasteiger partial charge in [0.2, 0.25) is 0 Å². The van der Waals surface area contributed by atoms with E-state index < -0.39 is 0 Å². The molecule has 0 bridgehead atoms. The van der Waals surface area contributed by atoms with Crippen LogP contribution in [0.5, 0.6) is 0 Å². The van der Waals surface area contributed by atoms with Crippen LogP contribution in [0.25, 0.3) is 89.1 Å². The van der Waals surface area contributed by atoms with Gasteiger partial charge in [0, 0.05) is 32.8 Å². The summed E-state index contributed by atoms with van der Waals surface area (Å²) in [6, 6.07) is 56.3. The van der Waals surface area contributed by atoms with E-state index in [0.29, 0.717) is 17.5 Å². The van der Waals surface area contributed by atoms with Crippen molar-refractivity contribution in [3.63, 3.8) is 0 Å². The van der Waals surface area contributed by atoms with E-state index in [4.69, 9.17) is 19.4 Å². The first-order valence-corrected chi connectivity index (χ1v) is 15.7. The average molecular weight is 602 g/mol. The molecule has 0 spiro atoms. The highest BCUT2D eigenvalue weighted by molar-refractivity contribution is 6.22. The summed E-state index contributed by atoms with van der Waals surface area (Å²) in [6.07, 6.45) is 0. The summed E-state index contributed by atoms with van der Waals surface area (Å²) in [5, 5.41) is 4.50. The molecule has 0 amide bonds. The third-order valence-corrected chi connectivity index (χ3v) is 8.74. The van der Waals surface area contributed by atoms with Gasteiger partial charge in [-0.3, -0.25) is 0 Å². The Hall–Kier alpha value is -6.39. The van der Waals surface area contributed by atoms with Crippen LogP contribution in [0.2, 0.25) is 0 Å². The van der Waals surface area contributed by atoms with Gasteiger partial charge in [-0.2, -0.15) is 0 Å². The van der Waals surface area contributed by atoms with Gasteiger partial charge in [-0.15, -0.1) is 0 Å². The van der Waals surface area contributed by atoms with Crippen LogP contribution in [0.1, 0.15) is 0 Å². The maximum atomic E-state index is 6.60. The first-order chi connectivity index (χ1) is 23.3. The summed E-state index contributed by atoms with van der Waals surface area (Å²) in [7, 11) is 0. The molecule has 7 aromatic carbocycles. The lowest BCUT2D eigenvalue weighted by Crippen LogP contribution is -2.00. The summed E-state index contributed by atoms with van der Waals surface area (Å²) < 4.78 is 6.60. The van der Waals surface area contributed by atoms with Crippen LogP contribution in [0.15, 0.2) is 168 Å². The molecule has 0 saturated carbocycles. The number of benzene rings is 7. The van der Waals surface area contributed by atoms with E-state index in [1.807, 2.05) is 60.7 Å². The highest BCUT2D eigenvalue weighted by Crippen LogP contribution is 2.43. The smallest absolute Gasteiger partial charge is 0.164 e. The van der Waals surface area contributed by atoms with Gasteiger partial charge in [0.25, 0.3) is 0 Å². The largest absolute Gasteiger partial charge is 0.455 e. The molecule has 220 valence electrons. The number of furan rings is 1. The zero-order chi connectivity index (χ0) is 31.2. The van der Waals surface area contributed by atoms with Crippen molar-refractivity contribution in [2.75, 3.05) is 0 Å². The minimum Gasteiger partial charge on any atom is -0.455 e. The standard InChI is InChI=1S/C43H27N3O/c1-4-13-28(14-5-1)36-27-37-39-33(21-12-22-38(39)47-40(37)35-20-11-10-19-34(35)36)29-23-25-32(26-24-29)43-45-41(30-15-6-2-7-16-30)44-42(46-43)31-17-8-3-9-18-31/h1-27H. The van der Waals surface area contributed by atoms with Gasteiger partial charge in [-0.25, -0.2) is 15.0 Å². The number of nitrogens with zero attached hydrogens (tertiary/aromatic N) is 3. The van der Waals surface area contributed by atoms with Gasteiger partial charge < -0.3 is 4.42 Å². The zero-order valence-electron chi connectivity index (χ0n) is 25.3. The first-order valence-electron chi connectivity index (χ1n) is 15.7. The Labute approximate surface area is 271 Å². The summed E-state index contributed by atoms with van der Waals surface area (Å²) in [6.45, 7) is 0. The Morgan fingerprint density at radius 2 is 0.809 bits per heavy atom. The molecule has 9 aromatic rings. The van der Waals surface area contributed by atoms with Crippen LogP contribution >= 0.6 is 0 Å². The minimum absolute atomic E-state index is 0.634. The zero-order valence-corrected chi connectivity index (χ0v) is 25.3. The average Bonchev–Trinajstić information content (AvgIpc) is 3.55. The normalized spacial score (nSPS) is 11.4. The Morgan fingerprint density at radius 1 is 0.340 bits per heavy atom. The second kappa shape index (κ2) is 11.2. The fourth-order valence-corrected chi connectivity index (χ4v) is 6.48. The van der Waals surface area contributed by atoms with E-state index in [0.717, 1.165) is 55.1 Å². The molecule has 0 aliphatic rings. The van der Waals surface area contributed by atoms with Crippen molar-refractivity contribution >= 4 is 32.7 Å². The van der Waals surface area contributed by atoms with Gasteiger partial charge >= 0.3 is 0 Å². The van der Waals surface area contributed by atoms with Crippen LogP contribution < -0.4 is 0 Å². The SMILES string of the molecule is c1ccc(-c2nc(-c3ccccc3)nc(-c3ccc(-c4cccc5oc6c7ccccc7c(-c7ccccc7)cc6c45)cc3)n2)cc1. The minimum atomic E-state index is 0.634. The van der Waals surface area contributed by atoms with E-state index >= 15 is 0 Å². The molecule has 0 fully saturated rings. The van der Waals surface area contributed by atoms with E-state index in [1.54, 1.807) is 0 Å². The number of aromatic nitrogens is 3. The molecule has 47 heavy (non-hydrogen) atoms. The van der Waals surface area contributed by atoms with Crippen molar-refractivity contribution in [3.05, 3.63) is 164 Å². The molecule has 4 heteroatoms.